The van der Waals surface area contributed by atoms with Crippen LogP contribution in [-0.2, 0) is 33.5 Å². The zero-order valence-corrected chi connectivity index (χ0v) is 33.1. The molecule has 0 atom stereocenters. The Balaban J connectivity index is 1.05. The third-order valence-corrected chi connectivity index (χ3v) is 13.7. The first-order valence-corrected chi connectivity index (χ1v) is 20.7. The number of rotatable bonds is 2. The number of anilines is 3. The molecule has 2 aliphatic rings. The maximum absolute atomic E-state index is 13.6. The highest BCUT2D eigenvalue weighted by molar-refractivity contribution is 7.92. The summed E-state index contributed by atoms with van der Waals surface area (Å²) in [5, 5.41) is 4.94. The fourth-order valence-corrected chi connectivity index (χ4v) is 10.5. The summed E-state index contributed by atoms with van der Waals surface area (Å²) in [5.41, 5.74) is 14.2. The molecular weight excluding hydrogens is 693 g/mol. The molecule has 0 saturated heterocycles. The van der Waals surface area contributed by atoms with E-state index in [0.29, 0.717) is 21.2 Å². The van der Waals surface area contributed by atoms with E-state index in [1.165, 1.54) is 66.3 Å². The molecular formula is C50H44N2O2S. The Morgan fingerprint density at radius 1 is 0.473 bits per heavy atom. The van der Waals surface area contributed by atoms with Gasteiger partial charge in [-0.3, -0.25) is 0 Å². The van der Waals surface area contributed by atoms with Crippen molar-refractivity contribution in [3.8, 4) is 5.69 Å². The Hall–Kier alpha value is -5.65. The van der Waals surface area contributed by atoms with Gasteiger partial charge in [0.05, 0.1) is 32.2 Å². The standard InChI is InChI=1S/C50H44N2O2S/c1-49(2,3)37-17-21-43-41(29-37)42-30-38(50(4,5)6)18-22-44(42)51(43)39-19-15-31-23-34-26-36-28-40(20-16-32(36)24-33(34)25-35(31)27-39)52-45-11-7-9-13-47(45)55(53,54)48-14-10-8-12-46(48)52/h7-22,24,26-30H,23,25H2,1-6H3. The smallest absolute Gasteiger partial charge is 0.210 e. The summed E-state index contributed by atoms with van der Waals surface area (Å²) in [4.78, 5) is 2.75. The van der Waals surface area contributed by atoms with E-state index in [1.807, 2.05) is 24.3 Å². The number of para-hydroxylation sites is 2. The Kier molecular flexibility index (Phi) is 7.19. The van der Waals surface area contributed by atoms with Crippen molar-refractivity contribution in [2.24, 2.45) is 0 Å². The molecule has 0 spiro atoms. The summed E-state index contributed by atoms with van der Waals surface area (Å²) in [6.45, 7) is 13.7. The molecule has 8 aromatic rings. The van der Waals surface area contributed by atoms with Gasteiger partial charge in [-0.25, -0.2) is 8.42 Å². The summed E-state index contributed by atoms with van der Waals surface area (Å²) in [5.74, 6) is 0. The normalized spacial score (nSPS) is 14.8. The van der Waals surface area contributed by atoms with Crippen LogP contribution in [0.5, 0.6) is 0 Å². The first-order valence-electron chi connectivity index (χ1n) is 19.3. The van der Waals surface area contributed by atoms with Gasteiger partial charge in [-0.05, 0) is 141 Å². The molecule has 0 radical (unpaired) electrons. The summed E-state index contributed by atoms with van der Waals surface area (Å²) in [6, 6.07) is 47.0. The summed E-state index contributed by atoms with van der Waals surface area (Å²) in [6.07, 6.45) is 1.75. The van der Waals surface area contributed by atoms with E-state index in [2.05, 4.69) is 136 Å². The molecule has 0 amide bonds. The van der Waals surface area contributed by atoms with Gasteiger partial charge in [0.15, 0.2) is 0 Å². The summed E-state index contributed by atoms with van der Waals surface area (Å²) < 4.78 is 29.7. The minimum Gasteiger partial charge on any atom is -0.309 e. The average molecular weight is 737 g/mol. The Bertz CT molecular complexity index is 2900. The Morgan fingerprint density at radius 3 is 1.56 bits per heavy atom. The molecule has 0 unspecified atom stereocenters. The van der Waals surface area contributed by atoms with E-state index in [1.54, 1.807) is 24.3 Å². The number of sulfone groups is 1. The van der Waals surface area contributed by atoms with Gasteiger partial charge in [-0.15, -0.1) is 0 Å². The van der Waals surface area contributed by atoms with Gasteiger partial charge in [-0.1, -0.05) is 102 Å². The van der Waals surface area contributed by atoms with E-state index < -0.39 is 9.84 Å². The van der Waals surface area contributed by atoms with E-state index in [4.69, 9.17) is 0 Å². The molecule has 2 heterocycles. The number of benzene rings is 7. The highest BCUT2D eigenvalue weighted by Gasteiger charge is 2.34. The van der Waals surface area contributed by atoms with Crippen LogP contribution < -0.4 is 4.90 Å². The van der Waals surface area contributed by atoms with Crippen LogP contribution in [0.2, 0.25) is 0 Å². The zero-order chi connectivity index (χ0) is 38.0. The van der Waals surface area contributed by atoms with E-state index in [9.17, 15) is 8.42 Å². The Morgan fingerprint density at radius 2 is 0.982 bits per heavy atom. The number of hydrogen-bond donors (Lipinski definition) is 0. The van der Waals surface area contributed by atoms with Crippen LogP contribution in [-0.4, -0.2) is 13.0 Å². The molecule has 1 aromatic heterocycles. The van der Waals surface area contributed by atoms with Crippen molar-refractivity contribution in [1.29, 1.82) is 0 Å². The van der Waals surface area contributed by atoms with Gasteiger partial charge in [0.1, 0.15) is 0 Å². The SMILES string of the molecule is CC(C)(C)c1ccc2c(c1)c1cc(C(C)(C)C)ccc1n2-c1ccc2c(c1)Cc1cc3ccc(N4c5ccccc5S(=O)(=O)c5ccccc54)cc3cc1C2. The van der Waals surface area contributed by atoms with Gasteiger partial charge >= 0.3 is 0 Å². The van der Waals surface area contributed by atoms with Crippen LogP contribution >= 0.6 is 0 Å². The third-order valence-electron chi connectivity index (χ3n) is 11.9. The quantitative estimate of drug-likeness (QED) is 0.177. The maximum Gasteiger partial charge on any atom is 0.210 e. The van der Waals surface area contributed by atoms with Crippen molar-refractivity contribution in [1.82, 2.24) is 4.57 Å². The highest BCUT2D eigenvalue weighted by atomic mass is 32.2. The van der Waals surface area contributed by atoms with Crippen LogP contribution in [0.1, 0.15) is 74.9 Å². The Labute approximate surface area is 323 Å². The van der Waals surface area contributed by atoms with Gasteiger partial charge in [0.25, 0.3) is 0 Å². The summed E-state index contributed by atoms with van der Waals surface area (Å²) in [7, 11) is -3.62. The molecule has 0 saturated carbocycles. The lowest BCUT2D eigenvalue weighted by molar-refractivity contribution is 0.590. The minimum absolute atomic E-state index is 0.0583. The predicted molar refractivity (Wildman–Crippen MR) is 228 cm³/mol. The average Bonchev–Trinajstić information content (AvgIpc) is 3.49. The van der Waals surface area contributed by atoms with Crippen LogP contribution in [0.15, 0.2) is 143 Å². The monoisotopic (exact) mass is 736 g/mol. The molecule has 10 rings (SSSR count). The molecule has 4 nitrogen and oxygen atoms in total. The first kappa shape index (κ1) is 33.9. The lowest BCUT2D eigenvalue weighted by Gasteiger charge is -2.33. The van der Waals surface area contributed by atoms with Gasteiger partial charge in [0, 0.05) is 22.1 Å². The van der Waals surface area contributed by atoms with E-state index in [-0.39, 0.29) is 10.8 Å². The lowest BCUT2D eigenvalue weighted by atomic mass is 9.84. The molecule has 272 valence electrons. The molecule has 5 heteroatoms. The largest absolute Gasteiger partial charge is 0.309 e. The second kappa shape index (κ2) is 11.7. The van der Waals surface area contributed by atoms with Crippen molar-refractivity contribution in [3.63, 3.8) is 0 Å². The maximum atomic E-state index is 13.6. The highest BCUT2D eigenvalue weighted by Crippen LogP contribution is 2.48. The van der Waals surface area contributed by atoms with Crippen LogP contribution in [0.25, 0.3) is 38.3 Å². The summed E-state index contributed by atoms with van der Waals surface area (Å²) >= 11 is 0. The molecule has 0 fully saturated rings. The zero-order valence-electron chi connectivity index (χ0n) is 32.2. The van der Waals surface area contributed by atoms with Crippen LogP contribution in [0, 0.1) is 0 Å². The van der Waals surface area contributed by atoms with Crippen molar-refractivity contribution in [2.75, 3.05) is 4.90 Å². The molecule has 0 N–H and O–H groups in total. The van der Waals surface area contributed by atoms with Crippen molar-refractivity contribution in [3.05, 3.63) is 167 Å². The predicted octanol–water partition coefficient (Wildman–Crippen LogP) is 12.6. The molecule has 0 bridgehead atoms. The van der Waals surface area contributed by atoms with Gasteiger partial charge in [-0.2, -0.15) is 0 Å². The molecule has 1 aliphatic carbocycles. The van der Waals surface area contributed by atoms with Crippen molar-refractivity contribution in [2.45, 2.75) is 75.0 Å². The molecule has 1 aliphatic heterocycles. The van der Waals surface area contributed by atoms with Crippen molar-refractivity contribution >= 4 is 59.5 Å². The van der Waals surface area contributed by atoms with Gasteiger partial charge < -0.3 is 9.47 Å². The topological polar surface area (TPSA) is 42.3 Å². The lowest BCUT2D eigenvalue weighted by Crippen LogP contribution is -2.22. The minimum atomic E-state index is -3.62. The van der Waals surface area contributed by atoms with Crippen LogP contribution in [0.4, 0.5) is 17.1 Å². The third kappa shape index (κ3) is 5.27. The number of nitrogens with zero attached hydrogens (tertiary/aromatic N) is 2. The van der Waals surface area contributed by atoms with Gasteiger partial charge in [0.2, 0.25) is 9.84 Å². The number of hydrogen-bond acceptors (Lipinski definition) is 3. The van der Waals surface area contributed by atoms with E-state index in [0.717, 1.165) is 23.9 Å². The molecule has 7 aromatic carbocycles. The fraction of sp³-hybridized carbons (Fsp3) is 0.200. The van der Waals surface area contributed by atoms with Crippen molar-refractivity contribution < 1.29 is 8.42 Å². The number of aromatic nitrogens is 1. The first-order chi connectivity index (χ1) is 26.3. The number of fused-ring (bicyclic) bond motifs is 8. The second-order valence-corrected chi connectivity index (χ2v) is 19.4. The second-order valence-electron chi connectivity index (χ2n) is 17.5. The molecule has 55 heavy (non-hydrogen) atoms. The van der Waals surface area contributed by atoms with Crippen LogP contribution in [0.3, 0.4) is 0 Å². The fourth-order valence-electron chi connectivity index (χ4n) is 8.85. The van der Waals surface area contributed by atoms with E-state index >= 15 is 0 Å².